The molecule has 1 saturated carbocycles. The lowest BCUT2D eigenvalue weighted by atomic mass is 9.71. The first-order valence-electron chi connectivity index (χ1n) is 8.52. The van der Waals surface area contributed by atoms with E-state index < -0.39 is 0 Å². The van der Waals surface area contributed by atoms with Gasteiger partial charge in [-0.1, -0.05) is 54.1 Å². The summed E-state index contributed by atoms with van der Waals surface area (Å²) >= 11 is 0. The average Bonchev–Trinajstić information content (AvgIpc) is 2.51. The van der Waals surface area contributed by atoms with Crippen LogP contribution in [-0.4, -0.2) is 5.91 Å². The zero-order chi connectivity index (χ0) is 16.3. The Morgan fingerprint density at radius 3 is 2.43 bits per heavy atom. The van der Waals surface area contributed by atoms with Crippen molar-refractivity contribution in [1.29, 1.82) is 0 Å². The fraction of sp³-hybridized carbons (Fsp3) is 0.381. The number of hydrogen-bond donors (Lipinski definition) is 1. The Bertz CT molecular complexity index is 686. The lowest BCUT2D eigenvalue weighted by Gasteiger charge is -2.43. The van der Waals surface area contributed by atoms with E-state index in [1.54, 1.807) is 0 Å². The van der Waals surface area contributed by atoms with Gasteiger partial charge in [0, 0.05) is 6.42 Å². The highest BCUT2D eigenvalue weighted by molar-refractivity contribution is 5.77. The van der Waals surface area contributed by atoms with Crippen molar-refractivity contribution in [2.45, 2.75) is 51.5 Å². The molecule has 0 heterocycles. The van der Waals surface area contributed by atoms with Gasteiger partial charge in [0.25, 0.3) is 0 Å². The fourth-order valence-corrected chi connectivity index (χ4v) is 3.48. The minimum Gasteiger partial charge on any atom is -0.347 e. The molecule has 23 heavy (non-hydrogen) atoms. The van der Waals surface area contributed by atoms with Crippen LogP contribution in [0.5, 0.6) is 0 Å². The van der Waals surface area contributed by atoms with Crippen LogP contribution in [0.4, 0.5) is 0 Å². The molecule has 2 nitrogen and oxygen atoms in total. The van der Waals surface area contributed by atoms with E-state index in [1.807, 2.05) is 6.07 Å². The zero-order valence-corrected chi connectivity index (χ0v) is 14.1. The second kappa shape index (κ2) is 6.57. The molecule has 0 saturated heterocycles. The first-order valence-corrected chi connectivity index (χ1v) is 8.52. The summed E-state index contributed by atoms with van der Waals surface area (Å²) in [6.45, 7) is 4.22. The van der Waals surface area contributed by atoms with Crippen LogP contribution in [0.3, 0.4) is 0 Å². The molecule has 120 valence electrons. The summed E-state index contributed by atoms with van der Waals surface area (Å²) in [4.78, 5) is 12.5. The van der Waals surface area contributed by atoms with Gasteiger partial charge in [0.15, 0.2) is 0 Å². The summed E-state index contributed by atoms with van der Waals surface area (Å²) in [7, 11) is 0. The van der Waals surface area contributed by atoms with Gasteiger partial charge in [-0.3, -0.25) is 4.79 Å². The van der Waals surface area contributed by atoms with Crippen LogP contribution < -0.4 is 5.32 Å². The predicted molar refractivity (Wildman–Crippen MR) is 94.4 cm³/mol. The molecule has 0 atom stereocenters. The van der Waals surface area contributed by atoms with E-state index in [4.69, 9.17) is 0 Å². The second-order valence-corrected chi connectivity index (χ2v) is 6.78. The molecule has 2 aromatic rings. The van der Waals surface area contributed by atoms with Gasteiger partial charge in [0.05, 0.1) is 5.54 Å². The Labute approximate surface area is 138 Å². The quantitative estimate of drug-likeness (QED) is 0.870. The average molecular weight is 307 g/mol. The van der Waals surface area contributed by atoms with Gasteiger partial charge in [-0.05, 0) is 56.2 Å². The summed E-state index contributed by atoms with van der Waals surface area (Å²) < 4.78 is 0. The van der Waals surface area contributed by atoms with E-state index in [2.05, 4.69) is 61.6 Å². The first kappa shape index (κ1) is 15.8. The third-order valence-corrected chi connectivity index (χ3v) is 5.03. The maximum Gasteiger partial charge on any atom is 0.221 e. The topological polar surface area (TPSA) is 29.1 Å². The monoisotopic (exact) mass is 307 g/mol. The molecule has 1 N–H and O–H groups in total. The maximum atomic E-state index is 12.5. The molecule has 2 aromatic carbocycles. The van der Waals surface area contributed by atoms with Crippen LogP contribution >= 0.6 is 0 Å². The molecular formula is C21H25NO. The predicted octanol–water partition coefficient (Wildman–Crippen LogP) is 4.43. The summed E-state index contributed by atoms with van der Waals surface area (Å²) in [6.07, 6.45) is 4.65. The van der Waals surface area contributed by atoms with Crippen molar-refractivity contribution in [3.8, 4) is 0 Å². The van der Waals surface area contributed by atoms with Crippen molar-refractivity contribution in [2.24, 2.45) is 0 Å². The number of nitrogens with one attached hydrogen (secondary N) is 1. The van der Waals surface area contributed by atoms with Crippen LogP contribution in [0, 0.1) is 13.8 Å². The molecule has 3 rings (SSSR count). The first-order chi connectivity index (χ1) is 11.1. The number of hydrogen-bond acceptors (Lipinski definition) is 1. The highest BCUT2D eigenvalue weighted by atomic mass is 16.1. The zero-order valence-electron chi connectivity index (χ0n) is 14.1. The molecule has 0 aromatic heterocycles. The minimum absolute atomic E-state index is 0.124. The number of amides is 1. The Balaban J connectivity index is 1.62. The fourth-order valence-electron chi connectivity index (χ4n) is 3.48. The van der Waals surface area contributed by atoms with Gasteiger partial charge >= 0.3 is 0 Å². The smallest absolute Gasteiger partial charge is 0.221 e. The van der Waals surface area contributed by atoms with Crippen molar-refractivity contribution in [2.75, 3.05) is 0 Å². The summed E-state index contributed by atoms with van der Waals surface area (Å²) in [5, 5.41) is 3.31. The van der Waals surface area contributed by atoms with E-state index in [9.17, 15) is 4.79 Å². The molecule has 0 bridgehead atoms. The van der Waals surface area contributed by atoms with Crippen LogP contribution in [0.25, 0.3) is 0 Å². The van der Waals surface area contributed by atoms with Gasteiger partial charge < -0.3 is 5.32 Å². The lowest BCUT2D eigenvalue weighted by molar-refractivity contribution is -0.124. The lowest BCUT2D eigenvalue weighted by Crippen LogP contribution is -2.50. The highest BCUT2D eigenvalue weighted by Crippen LogP contribution is 2.41. The summed E-state index contributed by atoms with van der Waals surface area (Å²) in [6, 6.07) is 16.8. The van der Waals surface area contributed by atoms with Crippen molar-refractivity contribution in [3.05, 3.63) is 70.8 Å². The highest BCUT2D eigenvalue weighted by Gasteiger charge is 2.39. The largest absolute Gasteiger partial charge is 0.347 e. The molecule has 0 radical (unpaired) electrons. The minimum atomic E-state index is -0.124. The second-order valence-electron chi connectivity index (χ2n) is 6.78. The summed E-state index contributed by atoms with van der Waals surface area (Å²) in [5.74, 6) is 0.161. The number of aryl methyl sites for hydroxylation is 3. The van der Waals surface area contributed by atoms with E-state index >= 15 is 0 Å². The number of rotatable bonds is 5. The van der Waals surface area contributed by atoms with E-state index in [0.717, 1.165) is 19.3 Å². The van der Waals surface area contributed by atoms with Gasteiger partial charge in [-0.2, -0.15) is 0 Å². The number of carbonyl (C=O) groups excluding carboxylic acids is 1. The number of benzene rings is 2. The Morgan fingerprint density at radius 2 is 1.83 bits per heavy atom. The van der Waals surface area contributed by atoms with Gasteiger partial charge in [0.1, 0.15) is 0 Å². The molecule has 0 spiro atoms. The standard InChI is InChI=1S/C21H25NO/c1-16-9-10-18(17(2)15-16)11-12-20(23)22-21(13-6-14-21)19-7-4-3-5-8-19/h3-5,7-10,15H,6,11-14H2,1-2H3,(H,22,23). The van der Waals surface area contributed by atoms with E-state index in [-0.39, 0.29) is 11.4 Å². The van der Waals surface area contributed by atoms with Crippen molar-refractivity contribution >= 4 is 5.91 Å². The molecule has 0 aliphatic heterocycles. The third-order valence-electron chi connectivity index (χ3n) is 5.03. The van der Waals surface area contributed by atoms with Crippen LogP contribution in [0.15, 0.2) is 48.5 Å². The summed E-state index contributed by atoms with van der Waals surface area (Å²) in [5.41, 5.74) is 4.94. The van der Waals surface area contributed by atoms with Crippen molar-refractivity contribution < 1.29 is 4.79 Å². The van der Waals surface area contributed by atoms with Gasteiger partial charge in [0.2, 0.25) is 5.91 Å². The molecule has 0 unspecified atom stereocenters. The number of carbonyl (C=O) groups is 1. The van der Waals surface area contributed by atoms with Crippen LogP contribution in [0.2, 0.25) is 0 Å². The normalized spacial score (nSPS) is 15.7. The Morgan fingerprint density at radius 1 is 1.09 bits per heavy atom. The van der Waals surface area contributed by atoms with Gasteiger partial charge in [-0.15, -0.1) is 0 Å². The third kappa shape index (κ3) is 3.47. The van der Waals surface area contributed by atoms with Crippen LogP contribution in [-0.2, 0) is 16.8 Å². The van der Waals surface area contributed by atoms with Crippen molar-refractivity contribution in [1.82, 2.24) is 5.32 Å². The molecule has 1 amide bonds. The Kier molecular flexibility index (Phi) is 4.51. The molecule has 1 fully saturated rings. The Hall–Kier alpha value is -2.09. The molecule has 1 aliphatic rings. The maximum absolute atomic E-state index is 12.5. The van der Waals surface area contributed by atoms with E-state index in [0.29, 0.717) is 6.42 Å². The SMILES string of the molecule is Cc1ccc(CCC(=O)NC2(c3ccccc3)CCC2)c(C)c1. The molecule has 1 aliphatic carbocycles. The van der Waals surface area contributed by atoms with Gasteiger partial charge in [-0.25, -0.2) is 0 Å². The van der Waals surface area contributed by atoms with Crippen molar-refractivity contribution in [3.63, 3.8) is 0 Å². The molecular weight excluding hydrogens is 282 g/mol. The molecule has 2 heteroatoms. The van der Waals surface area contributed by atoms with Crippen LogP contribution in [0.1, 0.15) is 47.9 Å². The van der Waals surface area contributed by atoms with E-state index in [1.165, 1.54) is 28.7 Å².